The average molecular weight is 332 g/mol. The van der Waals surface area contributed by atoms with E-state index in [9.17, 15) is 14.7 Å². The minimum Gasteiger partial charge on any atom is -0.480 e. The summed E-state index contributed by atoms with van der Waals surface area (Å²) in [5, 5.41) is 16.6. The van der Waals surface area contributed by atoms with Gasteiger partial charge in [0.1, 0.15) is 6.04 Å². The van der Waals surface area contributed by atoms with Gasteiger partial charge in [0.25, 0.3) is 5.91 Å². The van der Waals surface area contributed by atoms with Crippen LogP contribution in [-0.4, -0.2) is 44.7 Å². The molecule has 0 bridgehead atoms. The first-order valence-corrected chi connectivity index (χ1v) is 7.22. The van der Waals surface area contributed by atoms with E-state index in [0.29, 0.717) is 6.54 Å². The van der Waals surface area contributed by atoms with Crippen molar-refractivity contribution in [2.24, 2.45) is 5.41 Å². The smallest absolute Gasteiger partial charge is 0.326 e. The van der Waals surface area contributed by atoms with E-state index in [1.807, 2.05) is 13.8 Å². The van der Waals surface area contributed by atoms with Gasteiger partial charge in [0, 0.05) is 6.54 Å². The number of nitrogens with zero attached hydrogens (tertiary/aromatic N) is 3. The summed E-state index contributed by atoms with van der Waals surface area (Å²) >= 11 is 11.6. The zero-order valence-electron chi connectivity index (χ0n) is 11.6. The van der Waals surface area contributed by atoms with Gasteiger partial charge in [0.05, 0.1) is 5.56 Å². The van der Waals surface area contributed by atoms with Gasteiger partial charge in [-0.15, -0.1) is 10.2 Å². The molecule has 2 rings (SSSR count). The molecule has 8 heteroatoms. The van der Waals surface area contributed by atoms with Crippen molar-refractivity contribution in [2.45, 2.75) is 32.7 Å². The maximum absolute atomic E-state index is 12.6. The van der Waals surface area contributed by atoms with Gasteiger partial charge in [-0.1, -0.05) is 37.0 Å². The highest BCUT2D eigenvalue weighted by Gasteiger charge is 2.45. The maximum atomic E-state index is 12.6. The number of piperidine rings is 1. The van der Waals surface area contributed by atoms with Crippen molar-refractivity contribution in [3.63, 3.8) is 0 Å². The SMILES string of the molecule is CC1(C)CCCN(C(=O)c2cc(Cl)nnc2Cl)C1C(=O)O. The van der Waals surface area contributed by atoms with E-state index in [1.54, 1.807) is 0 Å². The molecule has 1 amide bonds. The van der Waals surface area contributed by atoms with E-state index < -0.39 is 23.3 Å². The number of aromatic nitrogens is 2. The summed E-state index contributed by atoms with van der Waals surface area (Å²) in [6, 6.07) is 0.390. The highest BCUT2D eigenvalue weighted by atomic mass is 35.5. The van der Waals surface area contributed by atoms with E-state index in [4.69, 9.17) is 23.2 Å². The molecule has 0 aromatic carbocycles. The molecule has 1 fully saturated rings. The zero-order valence-corrected chi connectivity index (χ0v) is 13.1. The van der Waals surface area contributed by atoms with Crippen molar-refractivity contribution < 1.29 is 14.7 Å². The van der Waals surface area contributed by atoms with E-state index >= 15 is 0 Å². The van der Waals surface area contributed by atoms with Gasteiger partial charge in [-0.2, -0.15) is 0 Å². The summed E-state index contributed by atoms with van der Waals surface area (Å²) in [4.78, 5) is 25.5. The van der Waals surface area contributed by atoms with Crippen molar-refractivity contribution >= 4 is 35.1 Å². The number of hydrogen-bond acceptors (Lipinski definition) is 4. The second kappa shape index (κ2) is 5.77. The summed E-state index contributed by atoms with van der Waals surface area (Å²) in [6.45, 7) is 4.03. The molecule has 1 unspecified atom stereocenters. The largest absolute Gasteiger partial charge is 0.480 e. The minimum atomic E-state index is -1.03. The first-order valence-electron chi connectivity index (χ1n) is 6.46. The molecule has 21 heavy (non-hydrogen) atoms. The second-order valence-electron chi connectivity index (χ2n) is 5.70. The lowest BCUT2D eigenvalue weighted by Gasteiger charge is -2.44. The van der Waals surface area contributed by atoms with Crippen LogP contribution in [0.3, 0.4) is 0 Å². The highest BCUT2D eigenvalue weighted by Crippen LogP contribution is 2.36. The first kappa shape index (κ1) is 16.0. The van der Waals surface area contributed by atoms with Crippen molar-refractivity contribution in [2.75, 3.05) is 6.54 Å². The maximum Gasteiger partial charge on any atom is 0.326 e. The fraction of sp³-hybridized carbons (Fsp3) is 0.538. The molecule has 1 N–H and O–H groups in total. The number of carboxylic acid groups (broad SMARTS) is 1. The van der Waals surface area contributed by atoms with Crippen LogP contribution >= 0.6 is 23.2 Å². The van der Waals surface area contributed by atoms with E-state index in [0.717, 1.165) is 12.8 Å². The van der Waals surface area contributed by atoms with Crippen LogP contribution in [0.15, 0.2) is 6.07 Å². The molecular formula is C13H15Cl2N3O3. The van der Waals surface area contributed by atoms with Crippen LogP contribution in [0.1, 0.15) is 37.0 Å². The Morgan fingerprint density at radius 1 is 1.38 bits per heavy atom. The Morgan fingerprint density at radius 3 is 2.67 bits per heavy atom. The number of carbonyl (C=O) groups is 2. The molecule has 0 saturated carbocycles. The number of likely N-dealkylation sites (tertiary alicyclic amines) is 1. The summed E-state index contributed by atoms with van der Waals surface area (Å²) in [5.74, 6) is -1.52. The van der Waals surface area contributed by atoms with Crippen LogP contribution < -0.4 is 0 Å². The van der Waals surface area contributed by atoms with Crippen LogP contribution in [0.25, 0.3) is 0 Å². The molecule has 1 aliphatic heterocycles. The summed E-state index contributed by atoms with van der Waals surface area (Å²) in [7, 11) is 0. The molecule has 114 valence electrons. The van der Waals surface area contributed by atoms with Crippen LogP contribution in [0.5, 0.6) is 0 Å². The normalized spacial score (nSPS) is 21.1. The lowest BCUT2D eigenvalue weighted by molar-refractivity contribution is -0.148. The van der Waals surface area contributed by atoms with Crippen molar-refractivity contribution in [3.05, 3.63) is 21.9 Å². The van der Waals surface area contributed by atoms with E-state index in [1.165, 1.54) is 11.0 Å². The average Bonchev–Trinajstić information content (AvgIpc) is 2.38. The highest BCUT2D eigenvalue weighted by molar-refractivity contribution is 6.34. The fourth-order valence-corrected chi connectivity index (χ4v) is 3.06. The van der Waals surface area contributed by atoms with Crippen molar-refractivity contribution in [1.29, 1.82) is 0 Å². The standard InChI is InChI=1S/C13H15Cl2N3O3/c1-13(2)4-3-5-18(9(13)12(20)21)11(19)7-6-8(14)16-17-10(7)15/h6,9H,3-5H2,1-2H3,(H,20,21). The molecule has 1 saturated heterocycles. The molecule has 6 nitrogen and oxygen atoms in total. The van der Waals surface area contributed by atoms with E-state index in [2.05, 4.69) is 10.2 Å². The van der Waals surface area contributed by atoms with Crippen molar-refractivity contribution in [3.8, 4) is 0 Å². The van der Waals surface area contributed by atoms with Gasteiger partial charge in [-0.25, -0.2) is 4.79 Å². The number of carbonyl (C=O) groups excluding carboxylic acids is 1. The van der Waals surface area contributed by atoms with Crippen LogP contribution in [-0.2, 0) is 4.79 Å². The van der Waals surface area contributed by atoms with E-state index in [-0.39, 0.29) is 15.9 Å². The molecule has 0 spiro atoms. The van der Waals surface area contributed by atoms with Gasteiger partial charge >= 0.3 is 5.97 Å². The number of rotatable bonds is 2. The molecule has 1 aliphatic rings. The second-order valence-corrected chi connectivity index (χ2v) is 6.45. The molecular weight excluding hydrogens is 317 g/mol. The molecule has 0 aliphatic carbocycles. The number of carboxylic acids is 1. The summed E-state index contributed by atoms with van der Waals surface area (Å²) < 4.78 is 0. The lowest BCUT2D eigenvalue weighted by atomic mass is 9.76. The Hall–Kier alpha value is -1.40. The van der Waals surface area contributed by atoms with Crippen LogP contribution in [0.4, 0.5) is 0 Å². The predicted octanol–water partition coefficient (Wildman–Crippen LogP) is 2.50. The Labute approximate surface area is 132 Å². The topological polar surface area (TPSA) is 83.4 Å². The third-order valence-corrected chi connectivity index (χ3v) is 4.18. The Kier molecular flexibility index (Phi) is 4.39. The molecule has 1 aromatic heterocycles. The molecule has 0 radical (unpaired) electrons. The fourth-order valence-electron chi connectivity index (χ4n) is 2.74. The number of hydrogen-bond donors (Lipinski definition) is 1. The first-order chi connectivity index (χ1) is 9.74. The zero-order chi connectivity index (χ0) is 15.8. The van der Waals surface area contributed by atoms with Crippen LogP contribution in [0, 0.1) is 5.41 Å². The summed E-state index contributed by atoms with van der Waals surface area (Å²) in [6.07, 6.45) is 1.46. The van der Waals surface area contributed by atoms with Gasteiger partial charge in [0.2, 0.25) is 0 Å². The van der Waals surface area contributed by atoms with Gasteiger partial charge in [-0.3, -0.25) is 4.79 Å². The van der Waals surface area contributed by atoms with Gasteiger partial charge in [0.15, 0.2) is 10.3 Å². The van der Waals surface area contributed by atoms with Gasteiger partial charge in [-0.05, 0) is 24.3 Å². The number of aliphatic carboxylic acids is 1. The number of halogens is 2. The van der Waals surface area contributed by atoms with Crippen molar-refractivity contribution in [1.82, 2.24) is 15.1 Å². The Morgan fingerprint density at radius 2 is 2.05 bits per heavy atom. The third kappa shape index (κ3) is 3.11. The lowest BCUT2D eigenvalue weighted by Crippen LogP contribution is -2.56. The van der Waals surface area contributed by atoms with Gasteiger partial charge < -0.3 is 10.0 Å². The Balaban J connectivity index is 2.41. The molecule has 1 aromatic rings. The molecule has 2 heterocycles. The number of amides is 1. The predicted molar refractivity (Wildman–Crippen MR) is 77.5 cm³/mol. The van der Waals surface area contributed by atoms with Crippen LogP contribution in [0.2, 0.25) is 10.3 Å². The Bertz CT molecular complexity index is 592. The minimum absolute atomic E-state index is 0.0332. The quantitative estimate of drug-likeness (QED) is 0.900. The summed E-state index contributed by atoms with van der Waals surface area (Å²) in [5.41, 5.74) is -0.447. The third-order valence-electron chi connectivity index (χ3n) is 3.72. The monoisotopic (exact) mass is 331 g/mol. The molecule has 1 atom stereocenters.